The summed E-state index contributed by atoms with van der Waals surface area (Å²) in [6, 6.07) is 0.224. The highest BCUT2D eigenvalue weighted by Crippen LogP contribution is 2.48. The van der Waals surface area contributed by atoms with Gasteiger partial charge in [0.25, 0.3) is 5.91 Å². The van der Waals surface area contributed by atoms with E-state index in [9.17, 15) is 32.7 Å². The van der Waals surface area contributed by atoms with Crippen LogP contribution in [0.15, 0.2) is 30.5 Å². The third-order valence-electron chi connectivity index (χ3n) is 11.6. The van der Waals surface area contributed by atoms with Crippen molar-refractivity contribution in [3.8, 4) is 17.4 Å². The van der Waals surface area contributed by atoms with Gasteiger partial charge in [-0.3, -0.25) is 19.1 Å². The molecule has 1 saturated heterocycles. The average molecular weight is 832 g/mol. The van der Waals surface area contributed by atoms with E-state index in [2.05, 4.69) is 20.3 Å². The van der Waals surface area contributed by atoms with Crippen molar-refractivity contribution in [1.82, 2.24) is 25.2 Å². The van der Waals surface area contributed by atoms with Gasteiger partial charge in [-0.25, -0.2) is 22.6 Å². The molecule has 0 radical (unpaired) electrons. The number of ether oxygens (including phenoxy) is 4. The van der Waals surface area contributed by atoms with Gasteiger partial charge in [0.1, 0.15) is 39.8 Å². The fourth-order valence-corrected chi connectivity index (χ4v) is 9.44. The predicted octanol–water partition coefficient (Wildman–Crippen LogP) is 3.49. The number of amides is 4. The maximum absolute atomic E-state index is 15.1. The minimum absolute atomic E-state index is 0.00471. The maximum Gasteiger partial charge on any atom is 0.408 e. The van der Waals surface area contributed by atoms with Crippen LogP contribution in [0.1, 0.15) is 79.6 Å². The van der Waals surface area contributed by atoms with Gasteiger partial charge in [-0.1, -0.05) is 26.0 Å². The normalized spacial score (nSPS) is 28.5. The molecule has 0 spiro atoms. The lowest BCUT2D eigenvalue weighted by molar-refractivity contribution is -0.142. The number of benzene rings is 1. The van der Waals surface area contributed by atoms with Crippen LogP contribution in [0.3, 0.4) is 0 Å². The number of hydrogen-bond acceptors (Lipinski definition) is 12. The fraction of sp³-hybridized carbons (Fsp3) is 0.625. The Balaban J connectivity index is 1.37. The number of aliphatic hydroxyl groups excluding tert-OH is 1. The zero-order chi connectivity index (χ0) is 42.4. The van der Waals surface area contributed by atoms with Gasteiger partial charge in [-0.15, -0.1) is 0 Å². The molecule has 7 unspecified atom stereocenters. The van der Waals surface area contributed by atoms with E-state index >= 15 is 4.39 Å². The summed E-state index contributed by atoms with van der Waals surface area (Å²) in [7, 11) is -1.54. The number of rotatable bonds is 9. The number of nitrogens with one attached hydrogen (secondary N) is 3. The Morgan fingerprint density at radius 1 is 1.09 bits per heavy atom. The number of aromatic nitrogens is 1. The number of alkyl carbamates (subject to hydrolysis) is 1. The molecule has 6 rings (SSSR count). The quantitative estimate of drug-likeness (QED) is 0.268. The molecule has 0 bridgehead atoms. The molecule has 2 aromatic rings. The summed E-state index contributed by atoms with van der Waals surface area (Å²) < 4.78 is 64.8. The van der Waals surface area contributed by atoms with Gasteiger partial charge >= 0.3 is 6.09 Å². The number of carbonyl (C=O) groups is 4. The molecule has 2 saturated carbocycles. The molecule has 1 aromatic heterocycles. The van der Waals surface area contributed by atoms with Crippen LogP contribution in [-0.4, -0.2) is 109 Å². The number of hydrogen-bond donors (Lipinski definition) is 4. The third-order valence-corrected chi connectivity index (χ3v) is 13.7. The minimum Gasteiger partial charge on any atom is -0.494 e. The summed E-state index contributed by atoms with van der Waals surface area (Å²) in [6.45, 7) is 8.13. The van der Waals surface area contributed by atoms with Crippen molar-refractivity contribution in [1.29, 1.82) is 0 Å². The predicted molar refractivity (Wildman–Crippen MR) is 209 cm³/mol. The lowest BCUT2D eigenvalue weighted by Gasteiger charge is -2.33. The molecule has 2 aliphatic carbocycles. The summed E-state index contributed by atoms with van der Waals surface area (Å²) in [5.74, 6) is -3.59. The minimum atomic E-state index is -4.30. The molecule has 4 N–H and O–H groups in total. The summed E-state index contributed by atoms with van der Waals surface area (Å²) >= 11 is 0. The number of sulfonamides is 1. The number of fused-ring (bicyclic) bond motifs is 3. The second kappa shape index (κ2) is 16.2. The van der Waals surface area contributed by atoms with Gasteiger partial charge in [0.05, 0.1) is 39.0 Å². The SMILES string of the molecule is COc1cc2c(OC)cnc(OC3CC4C(=O)NC5(C(=O)NS(=O)(=O)C6(CO)CC6)CC5C=CCCC(C)CC(C)C(NC(=O)OC(C)(C)C)C(=O)N4C3)c2cc1F. The third kappa shape index (κ3) is 8.67. The van der Waals surface area contributed by atoms with E-state index in [1.54, 1.807) is 26.8 Å². The van der Waals surface area contributed by atoms with Crippen molar-refractivity contribution in [3.63, 3.8) is 0 Å². The highest BCUT2D eigenvalue weighted by atomic mass is 32.2. The van der Waals surface area contributed by atoms with Crippen molar-refractivity contribution in [2.45, 2.75) is 114 Å². The first-order chi connectivity index (χ1) is 27.3. The lowest BCUT2D eigenvalue weighted by Crippen LogP contribution is -2.59. The Labute approximate surface area is 337 Å². The molecule has 4 amide bonds. The second-order valence-electron chi connectivity index (χ2n) is 17.1. The number of aliphatic hydroxyl groups is 1. The van der Waals surface area contributed by atoms with Crippen LogP contribution in [0.4, 0.5) is 9.18 Å². The Morgan fingerprint density at radius 2 is 1.79 bits per heavy atom. The van der Waals surface area contributed by atoms with Gasteiger partial charge in [0.2, 0.25) is 27.7 Å². The van der Waals surface area contributed by atoms with Crippen molar-refractivity contribution in [3.05, 3.63) is 36.3 Å². The molecule has 58 heavy (non-hydrogen) atoms. The number of carbonyl (C=O) groups excluding carboxylic acids is 4. The number of allylic oxidation sites excluding steroid dienone is 1. The number of methoxy groups -OCH3 is 2. The summed E-state index contributed by atoms with van der Waals surface area (Å²) in [6.07, 6.45) is 5.56. The first kappa shape index (κ1) is 42.9. The molecule has 18 heteroatoms. The van der Waals surface area contributed by atoms with E-state index in [1.165, 1.54) is 37.4 Å². The van der Waals surface area contributed by atoms with Crippen LogP contribution in [0, 0.1) is 23.6 Å². The van der Waals surface area contributed by atoms with Crippen molar-refractivity contribution < 1.29 is 56.0 Å². The summed E-state index contributed by atoms with van der Waals surface area (Å²) in [5, 5.41) is 16.1. The zero-order valence-corrected chi connectivity index (χ0v) is 34.7. The van der Waals surface area contributed by atoms with E-state index in [0.717, 1.165) is 0 Å². The molecule has 3 fully saturated rings. The largest absolute Gasteiger partial charge is 0.494 e. The van der Waals surface area contributed by atoms with E-state index in [-0.39, 0.29) is 55.2 Å². The lowest BCUT2D eigenvalue weighted by atomic mass is 9.88. The highest BCUT2D eigenvalue weighted by Gasteiger charge is 2.64. The highest BCUT2D eigenvalue weighted by molar-refractivity contribution is 7.91. The maximum atomic E-state index is 15.1. The second-order valence-corrected chi connectivity index (χ2v) is 19.2. The van der Waals surface area contributed by atoms with Crippen LogP contribution < -0.4 is 29.6 Å². The van der Waals surface area contributed by atoms with Crippen LogP contribution >= 0.6 is 0 Å². The molecular formula is C40H54FN5O11S. The van der Waals surface area contributed by atoms with E-state index in [1.807, 2.05) is 19.9 Å². The zero-order valence-electron chi connectivity index (χ0n) is 33.9. The Kier molecular flexibility index (Phi) is 11.9. The van der Waals surface area contributed by atoms with Crippen LogP contribution in [-0.2, 0) is 29.1 Å². The molecule has 4 aliphatic rings. The van der Waals surface area contributed by atoms with Gasteiger partial charge < -0.3 is 39.6 Å². The van der Waals surface area contributed by atoms with Crippen LogP contribution in [0.25, 0.3) is 10.8 Å². The first-order valence-corrected chi connectivity index (χ1v) is 21.1. The van der Waals surface area contributed by atoms with E-state index in [0.29, 0.717) is 30.4 Å². The summed E-state index contributed by atoms with van der Waals surface area (Å²) in [4.78, 5) is 62.2. The number of halogens is 1. The molecule has 1 aromatic carbocycles. The van der Waals surface area contributed by atoms with Crippen molar-refractivity contribution in [2.75, 3.05) is 27.4 Å². The van der Waals surface area contributed by atoms with E-state index < -0.39 is 92.2 Å². The number of pyridine rings is 1. The number of nitrogens with zero attached hydrogens (tertiary/aromatic N) is 2. The van der Waals surface area contributed by atoms with Gasteiger partial charge in [0, 0.05) is 17.7 Å². The first-order valence-electron chi connectivity index (χ1n) is 19.6. The summed E-state index contributed by atoms with van der Waals surface area (Å²) in [5.41, 5.74) is -2.54. The van der Waals surface area contributed by atoms with Gasteiger partial charge in [-0.05, 0) is 83.3 Å². The Morgan fingerprint density at radius 3 is 2.43 bits per heavy atom. The van der Waals surface area contributed by atoms with E-state index in [4.69, 9.17) is 18.9 Å². The molecule has 3 heterocycles. The average Bonchev–Trinajstić information content (AvgIpc) is 4.05. The van der Waals surface area contributed by atoms with Crippen LogP contribution in [0.5, 0.6) is 17.4 Å². The Bertz CT molecular complexity index is 2090. The van der Waals surface area contributed by atoms with Gasteiger partial charge in [0.15, 0.2) is 11.6 Å². The topological polar surface area (TPSA) is 212 Å². The Hall–Kier alpha value is -4.71. The fourth-order valence-electron chi connectivity index (χ4n) is 7.98. The molecular weight excluding hydrogens is 778 g/mol. The molecule has 2 aliphatic heterocycles. The standard InChI is InChI=1S/C40H54FN5O11S/c1-22-10-8-9-11-24-18-40(24,36(50)45-58(52,53)39(21-47)12-13-39)44-33(48)29-15-25(20-46(29)35(49)32(23(2)14-22)43-37(51)57-38(3,4)5)56-34-27-16-28(41)30(54-6)17-26(27)31(55-7)19-42-34/h9,11,16-17,19,22-25,29,32,47H,8,10,12-15,18,20-21H2,1-7H3,(H,43,51)(H,44,48)(H,45,50). The monoisotopic (exact) mass is 831 g/mol. The smallest absolute Gasteiger partial charge is 0.408 e. The molecule has 7 atom stereocenters. The van der Waals surface area contributed by atoms with Crippen molar-refractivity contribution >= 4 is 44.6 Å². The van der Waals surface area contributed by atoms with Crippen LogP contribution in [0.2, 0.25) is 0 Å². The molecule has 318 valence electrons. The van der Waals surface area contributed by atoms with Crippen molar-refractivity contribution in [2.24, 2.45) is 17.8 Å². The molecule has 16 nitrogen and oxygen atoms in total. The van der Waals surface area contributed by atoms with Gasteiger partial charge in [-0.2, -0.15) is 0 Å².